The van der Waals surface area contributed by atoms with E-state index in [1.165, 1.54) is 10.6 Å². The molecule has 0 aliphatic heterocycles. The second-order valence-electron chi connectivity index (χ2n) is 7.98. The maximum absolute atomic E-state index is 13.4. The molecule has 1 amide bonds. The monoisotopic (exact) mass is 461 g/mol. The molecular formula is C23H22F3N3O2S. The Bertz CT molecular complexity index is 1310. The van der Waals surface area contributed by atoms with Crippen molar-refractivity contribution >= 4 is 29.0 Å². The van der Waals surface area contributed by atoms with Gasteiger partial charge in [0.2, 0.25) is 0 Å². The van der Waals surface area contributed by atoms with Gasteiger partial charge in [0.1, 0.15) is 0 Å². The van der Waals surface area contributed by atoms with E-state index < -0.39 is 17.8 Å². The van der Waals surface area contributed by atoms with Gasteiger partial charge in [0.15, 0.2) is 4.77 Å². The van der Waals surface area contributed by atoms with Crippen LogP contribution in [0, 0.1) is 4.77 Å². The fourth-order valence-electron chi connectivity index (χ4n) is 3.97. The topological polar surface area (TPSA) is 58.1 Å². The summed E-state index contributed by atoms with van der Waals surface area (Å²) < 4.78 is 41.2. The Labute approximate surface area is 187 Å². The largest absolute Gasteiger partial charge is 0.416 e. The molecule has 32 heavy (non-hydrogen) atoms. The van der Waals surface area contributed by atoms with Crippen LogP contribution >= 0.6 is 12.2 Å². The maximum Gasteiger partial charge on any atom is 0.416 e. The number of fused-ring (bicyclic) bond motifs is 1. The molecule has 5 nitrogen and oxygen atoms in total. The normalized spacial score (nSPS) is 15.0. The van der Waals surface area contributed by atoms with Crippen LogP contribution in [0.2, 0.25) is 0 Å². The Morgan fingerprint density at radius 3 is 2.59 bits per heavy atom. The molecule has 0 saturated heterocycles. The summed E-state index contributed by atoms with van der Waals surface area (Å²) in [5.41, 5.74) is 0.254. The Morgan fingerprint density at radius 1 is 1.25 bits per heavy atom. The molecule has 1 aliphatic rings. The van der Waals surface area contributed by atoms with E-state index in [-0.39, 0.29) is 22.3 Å². The standard InChI is InChI=1S/C23H22F3N3O2S/c1-3-28-21(31)18-10-7-15(12-19(18)27-22(28)32)20(30)29(17-8-9-17)13(2)14-5-4-6-16(11-14)23(24,25)26/h4-7,10-13,17H,3,8-9H2,1-2H3,(H,27,32)/t13-/m0/s1. The molecule has 0 radical (unpaired) electrons. The predicted octanol–water partition coefficient (Wildman–Crippen LogP) is 5.46. The van der Waals surface area contributed by atoms with Gasteiger partial charge in [-0.3, -0.25) is 14.2 Å². The third kappa shape index (κ3) is 4.09. The number of aromatic nitrogens is 2. The van der Waals surface area contributed by atoms with Gasteiger partial charge in [-0.25, -0.2) is 0 Å². The molecule has 2 aromatic carbocycles. The van der Waals surface area contributed by atoms with Gasteiger partial charge in [-0.15, -0.1) is 0 Å². The van der Waals surface area contributed by atoms with Gasteiger partial charge in [-0.1, -0.05) is 12.1 Å². The van der Waals surface area contributed by atoms with Crippen molar-refractivity contribution in [2.45, 2.75) is 51.5 Å². The number of hydrogen-bond donors (Lipinski definition) is 1. The highest BCUT2D eigenvalue weighted by Crippen LogP contribution is 2.37. The average Bonchev–Trinajstić information content (AvgIpc) is 3.58. The quantitative estimate of drug-likeness (QED) is 0.513. The number of carbonyl (C=O) groups excluding carboxylic acids is 1. The molecule has 9 heteroatoms. The molecule has 0 unspecified atom stereocenters. The summed E-state index contributed by atoms with van der Waals surface area (Å²) in [6.45, 7) is 3.98. The summed E-state index contributed by atoms with van der Waals surface area (Å²) in [4.78, 5) is 30.7. The molecular weight excluding hydrogens is 439 g/mol. The lowest BCUT2D eigenvalue weighted by Crippen LogP contribution is -2.35. The Morgan fingerprint density at radius 2 is 1.97 bits per heavy atom. The average molecular weight is 462 g/mol. The molecule has 4 rings (SSSR count). The lowest BCUT2D eigenvalue weighted by Gasteiger charge is -2.30. The van der Waals surface area contributed by atoms with Crippen LogP contribution in [0.5, 0.6) is 0 Å². The third-order valence-corrected chi connectivity index (χ3v) is 6.16. The first-order valence-electron chi connectivity index (χ1n) is 10.4. The van der Waals surface area contributed by atoms with Crippen LogP contribution in [0.3, 0.4) is 0 Å². The first kappa shape index (κ1) is 22.3. The number of amides is 1. The van der Waals surface area contributed by atoms with Crippen molar-refractivity contribution in [1.29, 1.82) is 0 Å². The van der Waals surface area contributed by atoms with Crippen molar-refractivity contribution in [2.75, 3.05) is 0 Å². The van der Waals surface area contributed by atoms with Crippen molar-refractivity contribution in [1.82, 2.24) is 14.5 Å². The van der Waals surface area contributed by atoms with Crippen molar-refractivity contribution in [2.24, 2.45) is 0 Å². The van der Waals surface area contributed by atoms with Crippen LogP contribution in [0.1, 0.15) is 54.2 Å². The third-order valence-electron chi connectivity index (χ3n) is 5.83. The van der Waals surface area contributed by atoms with Gasteiger partial charge in [0.05, 0.1) is 22.5 Å². The lowest BCUT2D eigenvalue weighted by molar-refractivity contribution is -0.137. The van der Waals surface area contributed by atoms with Crippen LogP contribution in [-0.4, -0.2) is 26.4 Å². The minimum atomic E-state index is -4.45. The fourth-order valence-corrected chi connectivity index (χ4v) is 4.29. The fraction of sp³-hybridized carbons (Fsp3) is 0.348. The minimum Gasteiger partial charge on any atom is -0.332 e. The smallest absolute Gasteiger partial charge is 0.332 e. The van der Waals surface area contributed by atoms with Crippen LogP contribution in [-0.2, 0) is 12.7 Å². The number of nitrogens with one attached hydrogen (secondary N) is 1. The van der Waals surface area contributed by atoms with E-state index in [1.807, 2.05) is 6.92 Å². The van der Waals surface area contributed by atoms with Crippen molar-refractivity contribution in [3.05, 3.63) is 74.3 Å². The minimum absolute atomic E-state index is 0.0330. The molecule has 3 aromatic rings. The Hall–Kier alpha value is -2.94. The van der Waals surface area contributed by atoms with Gasteiger partial charge in [-0.05, 0) is 74.8 Å². The summed E-state index contributed by atoms with van der Waals surface area (Å²) in [6, 6.07) is 9.26. The van der Waals surface area contributed by atoms with Gasteiger partial charge >= 0.3 is 6.18 Å². The van der Waals surface area contributed by atoms with E-state index in [1.54, 1.807) is 36.1 Å². The molecule has 0 bridgehead atoms. The van der Waals surface area contributed by atoms with Gasteiger partial charge in [-0.2, -0.15) is 13.2 Å². The number of H-pyrrole nitrogens is 1. The zero-order valence-corrected chi connectivity index (χ0v) is 18.4. The number of aromatic amines is 1. The van der Waals surface area contributed by atoms with Crippen molar-refractivity contribution in [3.63, 3.8) is 0 Å². The SMILES string of the molecule is CCn1c(=S)[nH]c2cc(C(=O)N(C3CC3)[C@@H](C)c3cccc(C(F)(F)F)c3)ccc2c1=O. The Balaban J connectivity index is 1.72. The number of benzene rings is 2. The molecule has 0 spiro atoms. The number of hydrogen-bond acceptors (Lipinski definition) is 3. The van der Waals surface area contributed by atoms with Crippen molar-refractivity contribution < 1.29 is 18.0 Å². The highest BCUT2D eigenvalue weighted by atomic mass is 32.1. The van der Waals surface area contributed by atoms with Crippen molar-refractivity contribution in [3.8, 4) is 0 Å². The van der Waals surface area contributed by atoms with Crippen LogP contribution in [0.25, 0.3) is 10.9 Å². The number of rotatable bonds is 5. The number of nitrogens with zero attached hydrogens (tertiary/aromatic N) is 2. The highest BCUT2D eigenvalue weighted by Gasteiger charge is 2.38. The summed E-state index contributed by atoms with van der Waals surface area (Å²) in [6.07, 6.45) is -2.86. The predicted molar refractivity (Wildman–Crippen MR) is 118 cm³/mol. The van der Waals surface area contributed by atoms with E-state index in [0.29, 0.717) is 28.6 Å². The van der Waals surface area contributed by atoms with E-state index in [2.05, 4.69) is 4.98 Å². The molecule has 1 heterocycles. The number of alkyl halides is 3. The molecule has 1 fully saturated rings. The van der Waals surface area contributed by atoms with Crippen LogP contribution in [0.4, 0.5) is 13.2 Å². The molecule has 168 valence electrons. The van der Waals surface area contributed by atoms with E-state index in [4.69, 9.17) is 12.2 Å². The highest BCUT2D eigenvalue weighted by molar-refractivity contribution is 7.71. The first-order chi connectivity index (χ1) is 15.1. The molecule has 1 aliphatic carbocycles. The second kappa shape index (κ2) is 8.20. The second-order valence-corrected chi connectivity index (χ2v) is 8.37. The van der Waals surface area contributed by atoms with Gasteiger partial charge in [0, 0.05) is 18.2 Å². The van der Waals surface area contributed by atoms with Gasteiger partial charge in [0.25, 0.3) is 11.5 Å². The first-order valence-corrected chi connectivity index (χ1v) is 10.8. The zero-order valence-electron chi connectivity index (χ0n) is 17.6. The number of halogens is 3. The van der Waals surface area contributed by atoms with Crippen LogP contribution in [0.15, 0.2) is 47.3 Å². The zero-order chi connectivity index (χ0) is 23.2. The van der Waals surface area contributed by atoms with Crippen LogP contribution < -0.4 is 5.56 Å². The summed E-state index contributed by atoms with van der Waals surface area (Å²) >= 11 is 5.25. The van der Waals surface area contributed by atoms with Gasteiger partial charge < -0.3 is 9.88 Å². The molecule has 1 aromatic heterocycles. The summed E-state index contributed by atoms with van der Waals surface area (Å²) in [5.74, 6) is -0.293. The molecule has 1 saturated carbocycles. The van der Waals surface area contributed by atoms with E-state index >= 15 is 0 Å². The molecule has 1 atom stereocenters. The number of carbonyl (C=O) groups is 1. The van der Waals surface area contributed by atoms with E-state index in [0.717, 1.165) is 25.0 Å². The molecule has 1 N–H and O–H groups in total. The Kier molecular flexibility index (Phi) is 5.70. The summed E-state index contributed by atoms with van der Waals surface area (Å²) in [7, 11) is 0. The lowest BCUT2D eigenvalue weighted by atomic mass is 10.0. The van der Waals surface area contributed by atoms with E-state index in [9.17, 15) is 22.8 Å². The maximum atomic E-state index is 13.4. The summed E-state index contributed by atoms with van der Waals surface area (Å²) in [5, 5.41) is 0.417.